The van der Waals surface area contributed by atoms with Crippen LogP contribution in [0.2, 0.25) is 0 Å². The van der Waals surface area contributed by atoms with Gasteiger partial charge in [0, 0.05) is 13.0 Å². The van der Waals surface area contributed by atoms with Gasteiger partial charge in [-0.3, -0.25) is 4.79 Å². The summed E-state index contributed by atoms with van der Waals surface area (Å²) in [6.45, 7) is 7.00. The quantitative estimate of drug-likeness (QED) is 0.763. The summed E-state index contributed by atoms with van der Waals surface area (Å²) in [5, 5.41) is 0. The van der Waals surface area contributed by atoms with Gasteiger partial charge in [0.25, 0.3) is 0 Å². The van der Waals surface area contributed by atoms with Crippen LogP contribution in [0.1, 0.15) is 33.1 Å². The highest BCUT2D eigenvalue weighted by Gasteiger charge is 2.23. The van der Waals surface area contributed by atoms with Crippen molar-refractivity contribution >= 4 is 5.91 Å². The first-order valence-electron chi connectivity index (χ1n) is 6.22. The summed E-state index contributed by atoms with van der Waals surface area (Å²) in [6, 6.07) is 0.228. The minimum atomic E-state index is 0.228. The van der Waals surface area contributed by atoms with Gasteiger partial charge in [-0.1, -0.05) is 6.92 Å². The molecule has 2 unspecified atom stereocenters. The molecular weight excluding hydrogens is 204 g/mol. The molecule has 0 spiro atoms. The average molecular weight is 228 g/mol. The second kappa shape index (κ2) is 6.86. The number of ether oxygens (including phenoxy) is 1. The number of morpholine rings is 1. The van der Waals surface area contributed by atoms with Crippen molar-refractivity contribution in [2.24, 2.45) is 11.7 Å². The molecule has 1 heterocycles. The molecule has 4 nitrogen and oxygen atoms in total. The smallest absolute Gasteiger partial charge is 0.222 e. The van der Waals surface area contributed by atoms with Gasteiger partial charge in [0.1, 0.15) is 0 Å². The molecule has 0 bridgehead atoms. The highest BCUT2D eigenvalue weighted by atomic mass is 16.5. The van der Waals surface area contributed by atoms with Crippen molar-refractivity contribution in [3.8, 4) is 0 Å². The standard InChI is InChI=1S/C12H24N2O2/c1-10(5-6-13)3-4-12(15)14-7-8-16-9-11(14)2/h10-11H,3-9,13H2,1-2H3. The van der Waals surface area contributed by atoms with Crippen LogP contribution in [-0.2, 0) is 9.53 Å². The van der Waals surface area contributed by atoms with E-state index in [9.17, 15) is 4.79 Å². The molecule has 0 saturated carbocycles. The van der Waals surface area contributed by atoms with Crippen LogP contribution < -0.4 is 5.73 Å². The van der Waals surface area contributed by atoms with Crippen LogP contribution in [0, 0.1) is 5.92 Å². The predicted octanol–water partition coefficient (Wildman–Crippen LogP) is 0.999. The maximum atomic E-state index is 12.0. The summed E-state index contributed by atoms with van der Waals surface area (Å²) in [5.41, 5.74) is 5.49. The summed E-state index contributed by atoms with van der Waals surface area (Å²) in [6.07, 6.45) is 2.59. The van der Waals surface area contributed by atoms with Gasteiger partial charge < -0.3 is 15.4 Å². The van der Waals surface area contributed by atoms with Gasteiger partial charge >= 0.3 is 0 Å². The molecule has 2 N–H and O–H groups in total. The zero-order valence-corrected chi connectivity index (χ0v) is 10.4. The molecule has 0 aliphatic carbocycles. The molecule has 4 heteroatoms. The maximum Gasteiger partial charge on any atom is 0.222 e. The van der Waals surface area contributed by atoms with Crippen molar-refractivity contribution in [2.45, 2.75) is 39.2 Å². The SMILES string of the molecule is CC(CCN)CCC(=O)N1CCOCC1C. The van der Waals surface area contributed by atoms with Crippen molar-refractivity contribution < 1.29 is 9.53 Å². The number of rotatable bonds is 5. The lowest BCUT2D eigenvalue weighted by molar-refractivity contribution is -0.139. The minimum Gasteiger partial charge on any atom is -0.377 e. The monoisotopic (exact) mass is 228 g/mol. The van der Waals surface area contributed by atoms with E-state index < -0.39 is 0 Å². The number of amides is 1. The Bertz CT molecular complexity index is 221. The number of nitrogens with zero attached hydrogens (tertiary/aromatic N) is 1. The van der Waals surface area contributed by atoms with E-state index in [4.69, 9.17) is 10.5 Å². The molecule has 1 aliphatic heterocycles. The van der Waals surface area contributed by atoms with Gasteiger partial charge in [-0.25, -0.2) is 0 Å². The van der Waals surface area contributed by atoms with E-state index >= 15 is 0 Å². The predicted molar refractivity (Wildman–Crippen MR) is 64.1 cm³/mol. The summed E-state index contributed by atoms with van der Waals surface area (Å²) < 4.78 is 5.32. The summed E-state index contributed by atoms with van der Waals surface area (Å²) >= 11 is 0. The highest BCUT2D eigenvalue weighted by molar-refractivity contribution is 5.76. The third-order valence-corrected chi connectivity index (χ3v) is 3.20. The van der Waals surface area contributed by atoms with E-state index in [2.05, 4.69) is 6.92 Å². The molecule has 1 fully saturated rings. The minimum absolute atomic E-state index is 0.228. The molecule has 2 atom stereocenters. The van der Waals surface area contributed by atoms with Crippen molar-refractivity contribution in [3.05, 3.63) is 0 Å². The van der Waals surface area contributed by atoms with E-state index in [1.165, 1.54) is 0 Å². The lowest BCUT2D eigenvalue weighted by Crippen LogP contribution is -2.47. The molecule has 0 aromatic carbocycles. The Morgan fingerprint density at radius 3 is 2.94 bits per heavy atom. The van der Waals surface area contributed by atoms with Gasteiger partial charge in [-0.2, -0.15) is 0 Å². The number of carbonyl (C=O) groups excluding carboxylic acids is 1. The van der Waals surface area contributed by atoms with E-state index in [0.717, 1.165) is 19.4 Å². The Balaban J connectivity index is 2.28. The summed E-state index contributed by atoms with van der Waals surface area (Å²) in [7, 11) is 0. The van der Waals surface area contributed by atoms with E-state index in [-0.39, 0.29) is 11.9 Å². The van der Waals surface area contributed by atoms with Crippen molar-refractivity contribution in [1.82, 2.24) is 4.90 Å². The fourth-order valence-corrected chi connectivity index (χ4v) is 2.04. The normalized spacial score (nSPS) is 23.2. The molecule has 0 radical (unpaired) electrons. The molecule has 1 amide bonds. The van der Waals surface area contributed by atoms with Gasteiger partial charge in [0.2, 0.25) is 5.91 Å². The number of carbonyl (C=O) groups is 1. The van der Waals surface area contributed by atoms with Gasteiger partial charge in [0.05, 0.1) is 19.3 Å². The van der Waals surface area contributed by atoms with Crippen molar-refractivity contribution in [3.63, 3.8) is 0 Å². The lowest BCUT2D eigenvalue weighted by Gasteiger charge is -2.33. The van der Waals surface area contributed by atoms with Crippen molar-refractivity contribution in [1.29, 1.82) is 0 Å². The van der Waals surface area contributed by atoms with Crippen molar-refractivity contribution in [2.75, 3.05) is 26.3 Å². The number of hydrogen-bond acceptors (Lipinski definition) is 3. The molecule has 1 aliphatic rings. The Hall–Kier alpha value is -0.610. The van der Waals surface area contributed by atoms with Crippen LogP contribution in [0.5, 0.6) is 0 Å². The lowest BCUT2D eigenvalue weighted by atomic mass is 10.0. The maximum absolute atomic E-state index is 12.0. The largest absolute Gasteiger partial charge is 0.377 e. The highest BCUT2D eigenvalue weighted by Crippen LogP contribution is 2.13. The summed E-state index contributed by atoms with van der Waals surface area (Å²) in [5.74, 6) is 0.810. The van der Waals surface area contributed by atoms with Gasteiger partial charge in [-0.15, -0.1) is 0 Å². The fraction of sp³-hybridized carbons (Fsp3) is 0.917. The zero-order valence-electron chi connectivity index (χ0n) is 10.4. The van der Waals surface area contributed by atoms with E-state index in [1.807, 2.05) is 11.8 Å². The zero-order chi connectivity index (χ0) is 12.0. The third kappa shape index (κ3) is 4.10. The first-order chi connectivity index (χ1) is 7.65. The molecule has 0 aromatic rings. The third-order valence-electron chi connectivity index (χ3n) is 3.20. The second-order valence-corrected chi connectivity index (χ2v) is 4.73. The second-order valence-electron chi connectivity index (χ2n) is 4.73. The topological polar surface area (TPSA) is 55.6 Å². The van der Waals surface area contributed by atoms with E-state index in [0.29, 0.717) is 32.1 Å². The fourth-order valence-electron chi connectivity index (χ4n) is 2.04. The van der Waals surface area contributed by atoms with Crippen LogP contribution in [0.4, 0.5) is 0 Å². The van der Waals surface area contributed by atoms with E-state index in [1.54, 1.807) is 0 Å². The van der Waals surface area contributed by atoms with Crippen LogP contribution in [0.3, 0.4) is 0 Å². The van der Waals surface area contributed by atoms with Crippen LogP contribution >= 0.6 is 0 Å². The number of hydrogen-bond donors (Lipinski definition) is 1. The Morgan fingerprint density at radius 1 is 1.56 bits per heavy atom. The Kier molecular flexibility index (Phi) is 5.77. The Labute approximate surface area is 98.1 Å². The first-order valence-corrected chi connectivity index (χ1v) is 6.22. The van der Waals surface area contributed by atoms with Gasteiger partial charge in [-0.05, 0) is 32.2 Å². The average Bonchev–Trinajstić information content (AvgIpc) is 2.27. The molecule has 16 heavy (non-hydrogen) atoms. The van der Waals surface area contributed by atoms with Crippen LogP contribution in [0.15, 0.2) is 0 Å². The van der Waals surface area contributed by atoms with Gasteiger partial charge in [0.15, 0.2) is 0 Å². The molecule has 94 valence electrons. The first kappa shape index (κ1) is 13.5. The number of nitrogens with two attached hydrogens (primary N) is 1. The van der Waals surface area contributed by atoms with Crippen LogP contribution in [0.25, 0.3) is 0 Å². The molecule has 1 saturated heterocycles. The Morgan fingerprint density at radius 2 is 2.31 bits per heavy atom. The van der Waals surface area contributed by atoms with Crippen LogP contribution in [-0.4, -0.2) is 43.2 Å². The summed E-state index contributed by atoms with van der Waals surface area (Å²) in [4.78, 5) is 13.9. The molecule has 0 aromatic heterocycles. The molecular formula is C12H24N2O2. The molecule has 1 rings (SSSR count).